The van der Waals surface area contributed by atoms with Crippen molar-refractivity contribution in [2.45, 2.75) is 19.5 Å². The van der Waals surface area contributed by atoms with Crippen molar-refractivity contribution in [1.29, 1.82) is 0 Å². The molecule has 2 aromatic heterocycles. The van der Waals surface area contributed by atoms with Crippen LogP contribution in [0.2, 0.25) is 0 Å². The van der Waals surface area contributed by atoms with E-state index >= 15 is 0 Å². The Morgan fingerprint density at radius 2 is 2.03 bits per heavy atom. The quantitative estimate of drug-likeness (QED) is 0.608. The molecule has 0 radical (unpaired) electrons. The molecule has 1 aliphatic heterocycles. The van der Waals surface area contributed by atoms with E-state index in [-0.39, 0.29) is 30.3 Å². The molecule has 0 fully saturated rings. The third-order valence-electron chi connectivity index (χ3n) is 5.45. The smallest absolute Gasteiger partial charge is 0.246 e. The van der Waals surface area contributed by atoms with Crippen LogP contribution < -0.4 is 5.32 Å². The number of rotatable bonds is 4. The summed E-state index contributed by atoms with van der Waals surface area (Å²) in [6.07, 6.45) is 4.98. The van der Waals surface area contributed by atoms with E-state index in [4.69, 9.17) is 0 Å². The minimum Gasteiger partial charge on any atom is -0.357 e. The molecule has 3 aromatic rings. The monoisotopic (exact) mass is 439 g/mol. The Morgan fingerprint density at radius 3 is 2.81 bits per heavy atom. The normalized spacial score (nSPS) is 15.1. The number of nitrogens with zero attached hydrogens (tertiary/aromatic N) is 3. The van der Waals surface area contributed by atoms with Gasteiger partial charge in [0.05, 0.1) is 12.6 Å². The summed E-state index contributed by atoms with van der Waals surface area (Å²) in [6, 6.07) is 12.0. The predicted octanol–water partition coefficient (Wildman–Crippen LogP) is 3.60. The molecule has 8 heteroatoms. The summed E-state index contributed by atoms with van der Waals surface area (Å²) in [6.45, 7) is 2.95. The van der Waals surface area contributed by atoms with E-state index in [2.05, 4.69) is 27.4 Å². The molecule has 0 spiro atoms. The zero-order valence-electron chi connectivity index (χ0n) is 17.8. The molecule has 1 aromatic carbocycles. The van der Waals surface area contributed by atoms with Crippen molar-refractivity contribution in [3.63, 3.8) is 0 Å². The van der Waals surface area contributed by atoms with Crippen LogP contribution in [0.5, 0.6) is 0 Å². The number of anilines is 1. The lowest BCUT2D eigenvalue weighted by Crippen LogP contribution is -2.28. The molecule has 1 atom stereocenters. The molecule has 0 bridgehead atoms. The molecule has 31 heavy (non-hydrogen) atoms. The van der Waals surface area contributed by atoms with Crippen LogP contribution in [0.4, 0.5) is 5.82 Å². The van der Waals surface area contributed by atoms with Gasteiger partial charge in [-0.3, -0.25) is 14.5 Å². The first-order chi connectivity index (χ1) is 14.4. The second-order valence-corrected chi connectivity index (χ2v) is 7.77. The number of para-hydroxylation sites is 1. The maximum Gasteiger partial charge on any atom is 0.246 e. The van der Waals surface area contributed by atoms with Crippen molar-refractivity contribution in [2.24, 2.45) is 0 Å². The minimum atomic E-state index is -0.0958. The summed E-state index contributed by atoms with van der Waals surface area (Å²) in [5, 5.41) is 3.94. The van der Waals surface area contributed by atoms with E-state index in [9.17, 15) is 9.59 Å². The maximum absolute atomic E-state index is 12.7. The van der Waals surface area contributed by atoms with Gasteiger partial charge >= 0.3 is 0 Å². The molecular formula is C23H26ClN5O2. The average molecular weight is 440 g/mol. The second kappa shape index (κ2) is 9.32. The number of pyridine rings is 1. The number of carbonyl (C=O) groups excluding carboxylic acids is 2. The van der Waals surface area contributed by atoms with Crippen molar-refractivity contribution < 1.29 is 9.59 Å². The van der Waals surface area contributed by atoms with E-state index < -0.39 is 0 Å². The van der Waals surface area contributed by atoms with Gasteiger partial charge in [0.15, 0.2) is 0 Å². The largest absolute Gasteiger partial charge is 0.357 e. The second-order valence-electron chi connectivity index (χ2n) is 7.77. The Bertz CT molecular complexity index is 1110. The lowest BCUT2D eigenvalue weighted by atomic mass is 10.1. The number of aromatic nitrogens is 2. The van der Waals surface area contributed by atoms with E-state index in [1.54, 1.807) is 30.3 Å². The van der Waals surface area contributed by atoms with Crippen molar-refractivity contribution in [2.75, 3.05) is 26.0 Å². The number of carbonyl (C=O) groups is 2. The topological polar surface area (TPSA) is 81.3 Å². The Balaban J connectivity index is 0.00000272. The number of aromatic amines is 1. The number of amides is 2. The molecule has 0 aliphatic carbocycles. The molecule has 162 valence electrons. The Kier molecular flexibility index (Phi) is 6.77. The van der Waals surface area contributed by atoms with Crippen LogP contribution in [0.15, 0.2) is 48.7 Å². The summed E-state index contributed by atoms with van der Waals surface area (Å²) >= 11 is 0. The number of H-pyrrole nitrogens is 1. The first kappa shape index (κ1) is 22.5. The predicted molar refractivity (Wildman–Crippen MR) is 125 cm³/mol. The lowest BCUT2D eigenvalue weighted by molar-refractivity contribution is -0.126. The molecule has 4 rings (SSSR count). The van der Waals surface area contributed by atoms with Crippen LogP contribution >= 0.6 is 12.4 Å². The van der Waals surface area contributed by atoms with E-state index in [1.807, 2.05) is 43.1 Å². The van der Waals surface area contributed by atoms with Gasteiger partial charge < -0.3 is 15.2 Å². The Morgan fingerprint density at radius 1 is 1.26 bits per heavy atom. The fraction of sp³-hybridized carbons (Fsp3) is 0.261. The summed E-state index contributed by atoms with van der Waals surface area (Å²) < 4.78 is 0. The zero-order valence-corrected chi connectivity index (χ0v) is 18.6. The van der Waals surface area contributed by atoms with Crippen LogP contribution in [0.3, 0.4) is 0 Å². The molecular weight excluding hydrogens is 414 g/mol. The molecule has 0 saturated heterocycles. The van der Waals surface area contributed by atoms with Crippen LogP contribution in [0.25, 0.3) is 17.0 Å². The van der Waals surface area contributed by atoms with Crippen LogP contribution in [0.1, 0.15) is 29.8 Å². The molecule has 2 amide bonds. The third kappa shape index (κ3) is 4.95. The molecule has 2 N–H and O–H groups in total. The molecule has 1 unspecified atom stereocenters. The van der Waals surface area contributed by atoms with Crippen molar-refractivity contribution in [3.8, 4) is 0 Å². The first-order valence-corrected chi connectivity index (χ1v) is 9.90. The number of benzene rings is 1. The fourth-order valence-corrected chi connectivity index (χ4v) is 3.62. The number of halogens is 1. The Hall–Kier alpha value is -3.16. The average Bonchev–Trinajstić information content (AvgIpc) is 3.10. The van der Waals surface area contributed by atoms with Gasteiger partial charge in [-0.1, -0.05) is 18.2 Å². The van der Waals surface area contributed by atoms with E-state index in [0.717, 1.165) is 27.7 Å². The van der Waals surface area contributed by atoms with Gasteiger partial charge in [-0.15, -0.1) is 12.4 Å². The number of likely N-dealkylation sites (N-methyl/N-ethyl adjacent to an activating group) is 2. The van der Waals surface area contributed by atoms with Gasteiger partial charge in [-0.05, 0) is 49.2 Å². The maximum atomic E-state index is 12.7. The van der Waals surface area contributed by atoms with Gasteiger partial charge in [0.1, 0.15) is 5.82 Å². The number of hydrogen-bond donors (Lipinski definition) is 2. The SMILES string of the molecule is CC(c1cc2ccccc2[nH]1)N(C)C(=O)C=Cc1cnc2c(c1)CN(C)CC(=O)N2.Cl. The number of fused-ring (bicyclic) bond motifs is 2. The summed E-state index contributed by atoms with van der Waals surface area (Å²) in [5.74, 6) is 0.411. The summed E-state index contributed by atoms with van der Waals surface area (Å²) in [7, 11) is 3.68. The third-order valence-corrected chi connectivity index (χ3v) is 5.45. The van der Waals surface area contributed by atoms with Crippen LogP contribution in [-0.4, -0.2) is 52.2 Å². The molecule has 0 saturated carbocycles. The highest BCUT2D eigenvalue weighted by Gasteiger charge is 2.19. The van der Waals surface area contributed by atoms with E-state index in [1.165, 1.54) is 0 Å². The number of hydrogen-bond acceptors (Lipinski definition) is 4. The highest BCUT2D eigenvalue weighted by Crippen LogP contribution is 2.24. The minimum absolute atomic E-state index is 0. The molecule has 7 nitrogen and oxygen atoms in total. The van der Waals surface area contributed by atoms with Gasteiger partial charge in [0.2, 0.25) is 11.8 Å². The van der Waals surface area contributed by atoms with Gasteiger partial charge in [0.25, 0.3) is 0 Å². The summed E-state index contributed by atoms with van der Waals surface area (Å²) in [5.41, 5.74) is 3.80. The van der Waals surface area contributed by atoms with Gasteiger partial charge in [-0.25, -0.2) is 4.98 Å². The van der Waals surface area contributed by atoms with Gasteiger partial charge in [-0.2, -0.15) is 0 Å². The van der Waals surface area contributed by atoms with E-state index in [0.29, 0.717) is 18.9 Å². The number of nitrogens with one attached hydrogen (secondary N) is 2. The van der Waals surface area contributed by atoms with Crippen LogP contribution in [0, 0.1) is 0 Å². The highest BCUT2D eigenvalue weighted by molar-refractivity contribution is 5.93. The first-order valence-electron chi connectivity index (χ1n) is 9.90. The summed E-state index contributed by atoms with van der Waals surface area (Å²) in [4.78, 5) is 35.9. The highest BCUT2D eigenvalue weighted by atomic mass is 35.5. The fourth-order valence-electron chi connectivity index (χ4n) is 3.62. The Labute approximate surface area is 187 Å². The lowest BCUT2D eigenvalue weighted by Gasteiger charge is -2.22. The van der Waals surface area contributed by atoms with Gasteiger partial charge in [0, 0.05) is 42.6 Å². The zero-order chi connectivity index (χ0) is 21.3. The van der Waals surface area contributed by atoms with Crippen molar-refractivity contribution >= 4 is 47.0 Å². The van der Waals surface area contributed by atoms with Crippen molar-refractivity contribution in [1.82, 2.24) is 19.8 Å². The molecule has 3 heterocycles. The van der Waals surface area contributed by atoms with Crippen molar-refractivity contribution in [3.05, 3.63) is 65.5 Å². The standard InChI is InChI=1S/C23H25N5O2.ClH/c1-15(20-11-17-6-4-5-7-19(17)25-20)28(3)22(30)9-8-16-10-18-13-27(2)14-21(29)26-23(18)24-12-16;/h4-12,15,25H,13-14H2,1-3H3,(H,24,26,29);1H. The molecule has 1 aliphatic rings. The van der Waals surface area contributed by atoms with Crippen LogP contribution in [-0.2, 0) is 16.1 Å².